The van der Waals surface area contributed by atoms with Gasteiger partial charge in [-0.25, -0.2) is 14.8 Å². The van der Waals surface area contributed by atoms with Crippen LogP contribution in [0, 0.1) is 0 Å². The summed E-state index contributed by atoms with van der Waals surface area (Å²) in [5, 5.41) is 2.43. The highest BCUT2D eigenvalue weighted by molar-refractivity contribution is 5.86. The van der Waals surface area contributed by atoms with E-state index in [0.29, 0.717) is 6.04 Å². The molecule has 0 radical (unpaired) electrons. The summed E-state index contributed by atoms with van der Waals surface area (Å²) < 4.78 is 0. The smallest absolute Gasteiger partial charge is 0.319 e. The fraction of sp³-hybridized carbons (Fsp3) is 0.400. The second kappa shape index (κ2) is 9.33. The zero-order valence-corrected chi connectivity index (χ0v) is 18.7. The lowest BCUT2D eigenvalue weighted by molar-refractivity contribution is 0.143. The van der Waals surface area contributed by atoms with Crippen LogP contribution in [0.2, 0.25) is 0 Å². The van der Waals surface area contributed by atoms with Crippen molar-refractivity contribution >= 4 is 22.8 Å². The lowest BCUT2D eigenvalue weighted by Gasteiger charge is -2.38. The number of fused-ring (bicyclic) bond motifs is 1. The number of anilines is 1. The number of carbonyl (C=O) groups excluding carboxylic acids is 1. The second-order valence-corrected chi connectivity index (χ2v) is 8.09. The molecule has 0 bridgehead atoms. The van der Waals surface area contributed by atoms with Gasteiger partial charge in [0, 0.05) is 51.0 Å². The summed E-state index contributed by atoms with van der Waals surface area (Å²) in [4.78, 5) is 28.0. The minimum atomic E-state index is 0.153. The quantitative estimate of drug-likeness (QED) is 0.606. The van der Waals surface area contributed by atoms with Gasteiger partial charge in [-0.1, -0.05) is 36.4 Å². The molecule has 4 rings (SSSR count). The molecule has 0 aliphatic carbocycles. The van der Waals surface area contributed by atoms with Gasteiger partial charge >= 0.3 is 6.03 Å². The minimum Gasteiger partial charge on any atom is -0.341 e. The highest BCUT2D eigenvalue weighted by Crippen LogP contribution is 2.25. The van der Waals surface area contributed by atoms with Gasteiger partial charge in [-0.3, -0.25) is 0 Å². The van der Waals surface area contributed by atoms with E-state index in [2.05, 4.69) is 59.4 Å². The number of carbonyl (C=O) groups is 1. The van der Waals surface area contributed by atoms with Crippen molar-refractivity contribution in [1.29, 1.82) is 0 Å². The zero-order chi connectivity index (χ0) is 21.8. The Kier molecular flexibility index (Phi) is 6.35. The Morgan fingerprint density at radius 3 is 2.45 bits per heavy atom. The van der Waals surface area contributed by atoms with Crippen LogP contribution in [-0.4, -0.2) is 65.1 Å². The van der Waals surface area contributed by atoms with Crippen LogP contribution >= 0.6 is 0 Å². The molecule has 0 saturated carbocycles. The molecule has 162 valence electrons. The first-order valence-corrected chi connectivity index (χ1v) is 11.2. The molecule has 1 aliphatic heterocycles. The lowest BCUT2D eigenvalue weighted by atomic mass is 10.0. The average Bonchev–Trinajstić information content (AvgIpc) is 2.84. The maximum absolute atomic E-state index is 12.6. The van der Waals surface area contributed by atoms with Gasteiger partial charge in [0.2, 0.25) is 5.95 Å². The SMILES string of the molecule is CCN(CC)C(=O)N1CCC(N(C)c2nccc(-c3ccc4ccccc4c3)n2)CC1. The predicted molar refractivity (Wildman–Crippen MR) is 126 cm³/mol. The van der Waals surface area contributed by atoms with E-state index < -0.39 is 0 Å². The molecule has 2 heterocycles. The van der Waals surface area contributed by atoms with Gasteiger partial charge in [0.05, 0.1) is 5.69 Å². The fourth-order valence-electron chi connectivity index (χ4n) is 4.33. The van der Waals surface area contributed by atoms with E-state index in [-0.39, 0.29) is 6.03 Å². The second-order valence-electron chi connectivity index (χ2n) is 8.09. The highest BCUT2D eigenvalue weighted by Gasteiger charge is 2.28. The number of urea groups is 1. The number of likely N-dealkylation sites (tertiary alicyclic amines) is 1. The number of aromatic nitrogens is 2. The molecule has 6 nitrogen and oxygen atoms in total. The molecule has 1 saturated heterocycles. The molecule has 6 heteroatoms. The summed E-state index contributed by atoms with van der Waals surface area (Å²) in [7, 11) is 2.06. The molecule has 1 aromatic heterocycles. The predicted octanol–water partition coefficient (Wildman–Crippen LogP) is 4.66. The Hall–Kier alpha value is -3.15. The van der Waals surface area contributed by atoms with Crippen molar-refractivity contribution in [3.05, 3.63) is 54.7 Å². The van der Waals surface area contributed by atoms with E-state index in [1.807, 2.05) is 35.9 Å². The Morgan fingerprint density at radius 2 is 1.74 bits per heavy atom. The van der Waals surface area contributed by atoms with Crippen LogP contribution in [0.5, 0.6) is 0 Å². The van der Waals surface area contributed by atoms with Crippen molar-refractivity contribution in [1.82, 2.24) is 19.8 Å². The normalized spacial score (nSPS) is 14.6. The van der Waals surface area contributed by atoms with Gasteiger partial charge in [-0.05, 0) is 49.6 Å². The summed E-state index contributed by atoms with van der Waals surface area (Å²) in [6.07, 6.45) is 3.68. The number of hydrogen-bond donors (Lipinski definition) is 0. The molecule has 1 aliphatic rings. The van der Waals surface area contributed by atoms with Crippen molar-refractivity contribution in [2.45, 2.75) is 32.7 Å². The maximum Gasteiger partial charge on any atom is 0.319 e. The summed E-state index contributed by atoms with van der Waals surface area (Å²) in [5.41, 5.74) is 2.02. The number of hydrogen-bond acceptors (Lipinski definition) is 4. The molecular weight excluding hydrogens is 386 g/mol. The summed E-state index contributed by atoms with van der Waals surface area (Å²) in [6.45, 7) is 7.11. The minimum absolute atomic E-state index is 0.153. The average molecular weight is 418 g/mol. The van der Waals surface area contributed by atoms with Crippen molar-refractivity contribution in [3.8, 4) is 11.3 Å². The number of nitrogens with zero attached hydrogens (tertiary/aromatic N) is 5. The Labute approximate surface area is 184 Å². The number of benzene rings is 2. The van der Waals surface area contributed by atoms with Crippen LogP contribution in [0.4, 0.5) is 10.7 Å². The molecule has 1 fully saturated rings. The molecule has 3 aromatic rings. The number of amides is 2. The van der Waals surface area contributed by atoms with Gasteiger partial charge in [-0.15, -0.1) is 0 Å². The van der Waals surface area contributed by atoms with Gasteiger partial charge < -0.3 is 14.7 Å². The fourth-order valence-corrected chi connectivity index (χ4v) is 4.33. The van der Waals surface area contributed by atoms with Crippen molar-refractivity contribution in [2.75, 3.05) is 38.1 Å². The van der Waals surface area contributed by atoms with Crippen molar-refractivity contribution < 1.29 is 4.79 Å². The third kappa shape index (κ3) is 4.48. The van der Waals surface area contributed by atoms with E-state index >= 15 is 0 Å². The number of rotatable bonds is 5. The van der Waals surface area contributed by atoms with E-state index in [9.17, 15) is 4.79 Å². The lowest BCUT2D eigenvalue weighted by Crippen LogP contribution is -2.50. The van der Waals surface area contributed by atoms with Crippen LogP contribution < -0.4 is 4.90 Å². The van der Waals surface area contributed by atoms with E-state index in [0.717, 1.165) is 56.2 Å². The molecule has 0 N–H and O–H groups in total. The zero-order valence-electron chi connectivity index (χ0n) is 18.7. The van der Waals surface area contributed by atoms with Gasteiger partial charge in [0.1, 0.15) is 0 Å². The summed E-state index contributed by atoms with van der Waals surface area (Å²) >= 11 is 0. The first-order chi connectivity index (χ1) is 15.1. The third-order valence-electron chi connectivity index (χ3n) is 6.32. The van der Waals surface area contributed by atoms with E-state index in [1.54, 1.807) is 0 Å². The van der Waals surface area contributed by atoms with E-state index in [1.165, 1.54) is 10.8 Å². The monoisotopic (exact) mass is 417 g/mol. The van der Waals surface area contributed by atoms with Crippen LogP contribution in [-0.2, 0) is 0 Å². The summed E-state index contributed by atoms with van der Waals surface area (Å²) in [6, 6.07) is 17.2. The molecule has 2 amide bonds. The molecule has 0 unspecified atom stereocenters. The van der Waals surface area contributed by atoms with Gasteiger partial charge in [0.25, 0.3) is 0 Å². The molecule has 0 spiro atoms. The topological polar surface area (TPSA) is 52.6 Å². The van der Waals surface area contributed by atoms with Gasteiger partial charge in [-0.2, -0.15) is 0 Å². The Balaban J connectivity index is 1.46. The van der Waals surface area contributed by atoms with E-state index in [4.69, 9.17) is 4.98 Å². The maximum atomic E-state index is 12.6. The van der Waals surface area contributed by atoms with Crippen LogP contribution in [0.3, 0.4) is 0 Å². The molecule has 2 aromatic carbocycles. The number of piperidine rings is 1. The Morgan fingerprint density at radius 1 is 1.03 bits per heavy atom. The first kappa shape index (κ1) is 21.1. The largest absolute Gasteiger partial charge is 0.341 e. The summed E-state index contributed by atoms with van der Waals surface area (Å²) in [5.74, 6) is 0.735. The molecular formula is C25H31N5O. The molecule has 31 heavy (non-hydrogen) atoms. The standard InChI is InChI=1S/C25H31N5O/c1-4-29(5-2)25(31)30-16-13-22(14-17-30)28(3)24-26-15-12-23(27-24)21-11-10-19-8-6-7-9-20(19)18-21/h6-12,15,18,22H,4-5,13-14,16-17H2,1-3H3. The first-order valence-electron chi connectivity index (χ1n) is 11.2. The van der Waals surface area contributed by atoms with Crippen LogP contribution in [0.25, 0.3) is 22.0 Å². The Bertz CT molecular complexity index is 1040. The van der Waals surface area contributed by atoms with Crippen LogP contribution in [0.1, 0.15) is 26.7 Å². The highest BCUT2D eigenvalue weighted by atomic mass is 16.2. The third-order valence-corrected chi connectivity index (χ3v) is 6.32. The molecule has 0 atom stereocenters. The van der Waals surface area contributed by atoms with Crippen LogP contribution in [0.15, 0.2) is 54.7 Å². The van der Waals surface area contributed by atoms with Crippen molar-refractivity contribution in [3.63, 3.8) is 0 Å². The van der Waals surface area contributed by atoms with Gasteiger partial charge in [0.15, 0.2) is 0 Å². The van der Waals surface area contributed by atoms with Crippen molar-refractivity contribution in [2.24, 2.45) is 0 Å².